The predicted molar refractivity (Wildman–Crippen MR) is 102 cm³/mol. The Balaban J connectivity index is 0.00000182. The standard InChI is InChI=1S/C16H19N3O3S2.ClH/c20-15(11-10-17-2-7-22-11)18-3-5-19(6-4-18)16(21)14-9-13-12(24-14)1-8-23-13;/h1,8-9,11,17H,2-7,10H2;1H. The molecule has 2 aliphatic rings. The van der Waals surface area contributed by atoms with E-state index in [1.54, 1.807) is 22.7 Å². The second kappa shape index (κ2) is 8.01. The summed E-state index contributed by atoms with van der Waals surface area (Å²) < 4.78 is 7.86. The van der Waals surface area contributed by atoms with Crippen molar-refractivity contribution in [1.29, 1.82) is 0 Å². The molecule has 9 heteroatoms. The highest BCUT2D eigenvalue weighted by molar-refractivity contribution is 7.27. The molecule has 2 amide bonds. The van der Waals surface area contributed by atoms with E-state index >= 15 is 0 Å². The molecule has 2 aliphatic heterocycles. The van der Waals surface area contributed by atoms with E-state index in [9.17, 15) is 9.59 Å². The minimum atomic E-state index is -0.384. The smallest absolute Gasteiger partial charge is 0.264 e. The van der Waals surface area contributed by atoms with Gasteiger partial charge in [-0.2, -0.15) is 0 Å². The quantitative estimate of drug-likeness (QED) is 0.831. The molecule has 4 heterocycles. The highest BCUT2D eigenvalue weighted by Crippen LogP contribution is 2.30. The van der Waals surface area contributed by atoms with Crippen LogP contribution >= 0.6 is 35.1 Å². The summed E-state index contributed by atoms with van der Waals surface area (Å²) in [6, 6.07) is 4.03. The molecule has 2 saturated heterocycles. The number of carbonyl (C=O) groups excluding carboxylic acids is 2. The minimum Gasteiger partial charge on any atom is -0.366 e. The van der Waals surface area contributed by atoms with Gasteiger partial charge in [-0.3, -0.25) is 9.59 Å². The van der Waals surface area contributed by atoms with E-state index in [4.69, 9.17) is 4.74 Å². The van der Waals surface area contributed by atoms with Gasteiger partial charge in [0.1, 0.15) is 6.10 Å². The molecule has 0 bridgehead atoms. The van der Waals surface area contributed by atoms with Crippen LogP contribution in [0.3, 0.4) is 0 Å². The number of fused-ring (bicyclic) bond motifs is 1. The molecule has 1 N–H and O–H groups in total. The molecular formula is C16H20ClN3O3S2. The molecule has 6 nitrogen and oxygen atoms in total. The molecule has 1 atom stereocenters. The van der Waals surface area contributed by atoms with E-state index in [1.165, 1.54) is 9.40 Å². The van der Waals surface area contributed by atoms with Crippen LogP contribution in [-0.4, -0.2) is 73.6 Å². The first-order chi connectivity index (χ1) is 11.7. The number of piperazine rings is 1. The predicted octanol–water partition coefficient (Wildman–Crippen LogP) is 1.66. The van der Waals surface area contributed by atoms with Gasteiger partial charge in [-0.25, -0.2) is 0 Å². The second-order valence-electron chi connectivity index (χ2n) is 5.94. The summed E-state index contributed by atoms with van der Waals surface area (Å²) in [6.45, 7) is 4.25. The molecule has 2 aromatic rings. The van der Waals surface area contributed by atoms with Gasteiger partial charge < -0.3 is 19.9 Å². The Labute approximate surface area is 160 Å². The number of nitrogens with zero attached hydrogens (tertiary/aromatic N) is 2. The molecule has 0 saturated carbocycles. The summed E-state index contributed by atoms with van der Waals surface area (Å²) in [7, 11) is 0. The van der Waals surface area contributed by atoms with E-state index in [1.807, 2.05) is 21.2 Å². The lowest BCUT2D eigenvalue weighted by Gasteiger charge is -2.36. The lowest BCUT2D eigenvalue weighted by molar-refractivity contribution is -0.146. The van der Waals surface area contributed by atoms with Gasteiger partial charge in [0, 0.05) is 48.7 Å². The zero-order valence-electron chi connectivity index (χ0n) is 13.6. The number of rotatable bonds is 2. The van der Waals surface area contributed by atoms with Crippen LogP contribution in [0.1, 0.15) is 9.67 Å². The Hall–Kier alpha value is -1.19. The summed E-state index contributed by atoms with van der Waals surface area (Å²) in [5.74, 6) is 0.108. The lowest BCUT2D eigenvalue weighted by Crippen LogP contribution is -2.55. The average molecular weight is 402 g/mol. The summed E-state index contributed by atoms with van der Waals surface area (Å²) in [4.78, 5) is 29.5. The summed E-state index contributed by atoms with van der Waals surface area (Å²) in [5.41, 5.74) is 0. The number of amides is 2. The van der Waals surface area contributed by atoms with Crippen LogP contribution in [0.4, 0.5) is 0 Å². The number of carbonyl (C=O) groups is 2. The maximum absolute atomic E-state index is 12.6. The van der Waals surface area contributed by atoms with Crippen molar-refractivity contribution < 1.29 is 14.3 Å². The highest BCUT2D eigenvalue weighted by Gasteiger charge is 2.31. The molecule has 0 aliphatic carbocycles. The highest BCUT2D eigenvalue weighted by atomic mass is 35.5. The maximum Gasteiger partial charge on any atom is 0.264 e. The first-order valence-corrected chi connectivity index (χ1v) is 9.79. The van der Waals surface area contributed by atoms with E-state index in [-0.39, 0.29) is 30.3 Å². The van der Waals surface area contributed by atoms with Crippen molar-refractivity contribution in [2.75, 3.05) is 45.9 Å². The van der Waals surface area contributed by atoms with Crippen LogP contribution in [0, 0.1) is 0 Å². The van der Waals surface area contributed by atoms with Crippen LogP contribution in [-0.2, 0) is 9.53 Å². The Morgan fingerprint density at radius 3 is 2.60 bits per heavy atom. The van der Waals surface area contributed by atoms with Crippen LogP contribution in [0.2, 0.25) is 0 Å². The van der Waals surface area contributed by atoms with Gasteiger partial charge in [-0.1, -0.05) is 0 Å². The molecule has 0 spiro atoms. The Morgan fingerprint density at radius 2 is 1.92 bits per heavy atom. The van der Waals surface area contributed by atoms with Crippen molar-refractivity contribution in [3.63, 3.8) is 0 Å². The molecule has 136 valence electrons. The average Bonchev–Trinajstić information content (AvgIpc) is 3.23. The van der Waals surface area contributed by atoms with Crippen molar-refractivity contribution in [3.8, 4) is 0 Å². The number of thiophene rings is 2. The maximum atomic E-state index is 12.6. The normalized spacial score (nSPS) is 21.2. The second-order valence-corrected chi connectivity index (χ2v) is 7.97. The largest absolute Gasteiger partial charge is 0.366 e. The summed E-state index contributed by atoms with van der Waals surface area (Å²) in [6.07, 6.45) is -0.384. The zero-order chi connectivity index (χ0) is 16.5. The lowest BCUT2D eigenvalue weighted by atomic mass is 10.2. The van der Waals surface area contributed by atoms with E-state index in [2.05, 4.69) is 11.4 Å². The van der Waals surface area contributed by atoms with Crippen molar-refractivity contribution >= 4 is 56.3 Å². The first-order valence-electron chi connectivity index (χ1n) is 8.10. The number of nitrogens with one attached hydrogen (secondary N) is 1. The van der Waals surface area contributed by atoms with Crippen molar-refractivity contribution in [1.82, 2.24) is 15.1 Å². The van der Waals surface area contributed by atoms with Gasteiger partial charge >= 0.3 is 0 Å². The molecule has 0 aromatic carbocycles. The van der Waals surface area contributed by atoms with Gasteiger partial charge in [0.25, 0.3) is 11.8 Å². The van der Waals surface area contributed by atoms with Gasteiger partial charge in [0.2, 0.25) is 0 Å². The van der Waals surface area contributed by atoms with Crippen molar-refractivity contribution in [2.24, 2.45) is 0 Å². The van der Waals surface area contributed by atoms with Gasteiger partial charge in [-0.15, -0.1) is 35.1 Å². The van der Waals surface area contributed by atoms with E-state index in [0.717, 1.165) is 11.4 Å². The molecule has 4 rings (SSSR count). The van der Waals surface area contributed by atoms with Crippen molar-refractivity contribution in [2.45, 2.75) is 6.10 Å². The molecule has 25 heavy (non-hydrogen) atoms. The number of hydrogen-bond donors (Lipinski definition) is 1. The third-order valence-electron chi connectivity index (χ3n) is 4.43. The van der Waals surface area contributed by atoms with Crippen LogP contribution in [0.15, 0.2) is 17.5 Å². The fraction of sp³-hybridized carbons (Fsp3) is 0.500. The van der Waals surface area contributed by atoms with Crippen LogP contribution < -0.4 is 5.32 Å². The van der Waals surface area contributed by atoms with Crippen molar-refractivity contribution in [3.05, 3.63) is 22.4 Å². The fourth-order valence-corrected chi connectivity index (χ4v) is 5.16. The summed E-state index contributed by atoms with van der Waals surface area (Å²) >= 11 is 3.21. The van der Waals surface area contributed by atoms with Gasteiger partial charge in [0.05, 0.1) is 11.5 Å². The van der Waals surface area contributed by atoms with E-state index < -0.39 is 0 Å². The molecule has 2 aromatic heterocycles. The Bertz CT molecular complexity index is 720. The Morgan fingerprint density at radius 1 is 1.16 bits per heavy atom. The third kappa shape index (κ3) is 3.83. The van der Waals surface area contributed by atoms with Gasteiger partial charge in [-0.05, 0) is 17.5 Å². The van der Waals surface area contributed by atoms with E-state index in [0.29, 0.717) is 39.3 Å². The SMILES string of the molecule is Cl.O=C(c1cc2sccc2s1)N1CCN(C(=O)C2CNCCO2)CC1. The first kappa shape index (κ1) is 18.6. The Kier molecular flexibility index (Phi) is 5.96. The molecule has 2 fully saturated rings. The fourth-order valence-electron chi connectivity index (χ4n) is 3.08. The monoisotopic (exact) mass is 401 g/mol. The van der Waals surface area contributed by atoms with Gasteiger partial charge in [0.15, 0.2) is 0 Å². The summed E-state index contributed by atoms with van der Waals surface area (Å²) in [5, 5.41) is 5.22. The zero-order valence-corrected chi connectivity index (χ0v) is 16.1. The molecule has 0 radical (unpaired) electrons. The van der Waals surface area contributed by atoms with Crippen LogP contribution in [0.25, 0.3) is 9.40 Å². The number of morpholine rings is 1. The minimum absolute atomic E-state index is 0. The number of ether oxygens (including phenoxy) is 1. The number of hydrogen-bond acceptors (Lipinski definition) is 6. The number of halogens is 1. The molecular weight excluding hydrogens is 382 g/mol. The third-order valence-corrected chi connectivity index (χ3v) is 6.51. The topological polar surface area (TPSA) is 61.9 Å². The van der Waals surface area contributed by atoms with Crippen LogP contribution in [0.5, 0.6) is 0 Å². The molecule has 1 unspecified atom stereocenters.